The van der Waals surface area contributed by atoms with Gasteiger partial charge in [-0.1, -0.05) is 6.07 Å². The number of nitrogens with one attached hydrogen (secondary N) is 1. The predicted octanol–water partition coefficient (Wildman–Crippen LogP) is 2.55. The van der Waals surface area contributed by atoms with Gasteiger partial charge in [-0.3, -0.25) is 4.79 Å². The molecule has 1 N–H and O–H groups in total. The predicted molar refractivity (Wildman–Crippen MR) is 108 cm³/mol. The number of carbonyl (C=O) groups excluding carboxylic acids is 1. The van der Waals surface area contributed by atoms with Gasteiger partial charge in [-0.05, 0) is 25.1 Å². The van der Waals surface area contributed by atoms with E-state index in [2.05, 4.69) is 38.2 Å². The normalized spacial score (nSPS) is 14.6. The number of pyridine rings is 1. The van der Waals surface area contributed by atoms with Gasteiger partial charge in [0.05, 0.1) is 5.39 Å². The second kappa shape index (κ2) is 7.87. The lowest BCUT2D eigenvalue weighted by atomic mass is 10.2. The first-order valence-corrected chi connectivity index (χ1v) is 9.91. The molecule has 140 valence electrons. The molecule has 4 rings (SSSR count). The van der Waals surface area contributed by atoms with Crippen LogP contribution < -0.4 is 10.2 Å². The fraction of sp³-hybridized carbons (Fsp3) is 0.368. The largest absolute Gasteiger partial charge is 0.369 e. The number of aryl methyl sites for hydroxylation is 1. The maximum absolute atomic E-state index is 12.5. The zero-order valence-corrected chi connectivity index (χ0v) is 16.1. The highest BCUT2D eigenvalue weighted by Crippen LogP contribution is 2.27. The van der Waals surface area contributed by atoms with Crippen molar-refractivity contribution in [2.75, 3.05) is 42.9 Å². The van der Waals surface area contributed by atoms with Crippen molar-refractivity contribution in [3.8, 4) is 0 Å². The van der Waals surface area contributed by atoms with E-state index in [-0.39, 0.29) is 5.91 Å². The molecule has 7 nitrogen and oxygen atoms in total. The smallest absolute Gasteiger partial charge is 0.224 e. The summed E-state index contributed by atoms with van der Waals surface area (Å²) in [5.41, 5.74) is 0. The van der Waals surface area contributed by atoms with E-state index in [9.17, 15) is 4.79 Å². The van der Waals surface area contributed by atoms with E-state index >= 15 is 0 Å². The Bertz CT molecular complexity index is 920. The number of piperazine rings is 1. The monoisotopic (exact) mass is 382 g/mol. The molecule has 3 aromatic heterocycles. The van der Waals surface area contributed by atoms with E-state index in [1.54, 1.807) is 23.9 Å². The number of nitrogens with zero attached hydrogens (tertiary/aromatic N) is 5. The Labute approximate surface area is 162 Å². The van der Waals surface area contributed by atoms with E-state index in [0.717, 1.165) is 48.0 Å². The Morgan fingerprint density at radius 2 is 2.04 bits per heavy atom. The van der Waals surface area contributed by atoms with Gasteiger partial charge in [-0.25, -0.2) is 15.0 Å². The fourth-order valence-corrected chi connectivity index (χ4v) is 4.14. The number of hydrogen-bond donors (Lipinski definition) is 1. The van der Waals surface area contributed by atoms with E-state index in [1.807, 2.05) is 23.1 Å². The molecule has 1 aliphatic heterocycles. The maximum Gasteiger partial charge on any atom is 0.224 e. The summed E-state index contributed by atoms with van der Waals surface area (Å²) in [7, 11) is 0. The first kappa shape index (κ1) is 17.7. The van der Waals surface area contributed by atoms with Crippen LogP contribution in [0.3, 0.4) is 0 Å². The number of carbonyl (C=O) groups is 1. The molecule has 3 aromatic rings. The molecule has 0 unspecified atom stereocenters. The molecule has 4 heterocycles. The Balaban J connectivity index is 1.27. The van der Waals surface area contributed by atoms with Gasteiger partial charge in [0.2, 0.25) is 5.91 Å². The van der Waals surface area contributed by atoms with Gasteiger partial charge in [-0.2, -0.15) is 0 Å². The molecule has 1 aliphatic rings. The summed E-state index contributed by atoms with van der Waals surface area (Å²) in [4.78, 5) is 31.9. The third-order valence-electron chi connectivity index (χ3n) is 4.69. The summed E-state index contributed by atoms with van der Waals surface area (Å²) in [6, 6.07) is 8.00. The minimum Gasteiger partial charge on any atom is -0.369 e. The lowest BCUT2D eigenvalue weighted by Crippen LogP contribution is -2.49. The molecule has 1 fully saturated rings. The molecule has 8 heteroatoms. The summed E-state index contributed by atoms with van der Waals surface area (Å²) in [6.07, 6.45) is 3.83. The van der Waals surface area contributed by atoms with Gasteiger partial charge >= 0.3 is 0 Å². The Morgan fingerprint density at radius 1 is 1.19 bits per heavy atom. The van der Waals surface area contributed by atoms with Gasteiger partial charge in [0.15, 0.2) is 0 Å². The Hall–Kier alpha value is -2.74. The lowest BCUT2D eigenvalue weighted by molar-refractivity contribution is -0.131. The van der Waals surface area contributed by atoms with Crippen molar-refractivity contribution >= 4 is 39.1 Å². The number of rotatable bonds is 5. The van der Waals surface area contributed by atoms with Crippen molar-refractivity contribution < 1.29 is 4.79 Å². The zero-order chi connectivity index (χ0) is 18.6. The topological polar surface area (TPSA) is 74.2 Å². The third kappa shape index (κ3) is 4.00. The van der Waals surface area contributed by atoms with E-state index < -0.39 is 0 Å². The number of thiophene rings is 1. The van der Waals surface area contributed by atoms with Crippen LogP contribution in [0.2, 0.25) is 0 Å². The van der Waals surface area contributed by atoms with Crippen LogP contribution in [0.5, 0.6) is 0 Å². The molecule has 27 heavy (non-hydrogen) atoms. The average molecular weight is 382 g/mol. The highest BCUT2D eigenvalue weighted by atomic mass is 32.1. The van der Waals surface area contributed by atoms with Crippen molar-refractivity contribution in [3.63, 3.8) is 0 Å². The second-order valence-corrected chi connectivity index (χ2v) is 7.77. The zero-order valence-electron chi connectivity index (χ0n) is 15.3. The van der Waals surface area contributed by atoms with Crippen LogP contribution in [0.15, 0.2) is 36.8 Å². The molecule has 0 atom stereocenters. The van der Waals surface area contributed by atoms with Crippen LogP contribution >= 0.6 is 11.3 Å². The van der Waals surface area contributed by atoms with Gasteiger partial charge in [-0.15, -0.1) is 11.3 Å². The van der Waals surface area contributed by atoms with E-state index in [1.165, 1.54) is 4.88 Å². The van der Waals surface area contributed by atoms with E-state index in [0.29, 0.717) is 13.0 Å². The van der Waals surface area contributed by atoms with Crippen molar-refractivity contribution in [3.05, 3.63) is 41.7 Å². The first-order chi connectivity index (χ1) is 13.2. The summed E-state index contributed by atoms with van der Waals surface area (Å²) in [5, 5.41) is 4.32. The van der Waals surface area contributed by atoms with Crippen molar-refractivity contribution in [1.82, 2.24) is 19.9 Å². The molecule has 1 saturated heterocycles. The minimum absolute atomic E-state index is 0.176. The number of amides is 1. The van der Waals surface area contributed by atoms with Crippen LogP contribution in [-0.2, 0) is 4.79 Å². The van der Waals surface area contributed by atoms with Crippen LogP contribution in [0, 0.1) is 6.92 Å². The molecular formula is C19H22N6OS. The van der Waals surface area contributed by atoms with E-state index in [4.69, 9.17) is 0 Å². The minimum atomic E-state index is 0.176. The fourth-order valence-electron chi connectivity index (χ4n) is 3.29. The molecule has 0 spiro atoms. The van der Waals surface area contributed by atoms with Gasteiger partial charge in [0.25, 0.3) is 0 Å². The maximum atomic E-state index is 12.5. The highest BCUT2D eigenvalue weighted by Gasteiger charge is 2.21. The standard InChI is InChI=1S/C19H22N6OS/c1-14-12-15-18(22-13-23-19(15)27-14)21-7-5-17(26)25-10-8-24(9-11-25)16-4-2-3-6-20-16/h2-4,6,12-13H,5,7-11H2,1H3,(H,21,22,23). The summed E-state index contributed by atoms with van der Waals surface area (Å²) < 4.78 is 0. The molecular weight excluding hydrogens is 360 g/mol. The highest BCUT2D eigenvalue weighted by molar-refractivity contribution is 7.18. The summed E-state index contributed by atoms with van der Waals surface area (Å²) in [6.45, 7) is 5.73. The Morgan fingerprint density at radius 3 is 2.81 bits per heavy atom. The number of hydrogen-bond acceptors (Lipinski definition) is 7. The van der Waals surface area contributed by atoms with Crippen molar-refractivity contribution in [1.29, 1.82) is 0 Å². The lowest BCUT2D eigenvalue weighted by Gasteiger charge is -2.35. The summed E-state index contributed by atoms with van der Waals surface area (Å²) in [5.74, 6) is 1.96. The second-order valence-electron chi connectivity index (χ2n) is 6.53. The Kier molecular flexibility index (Phi) is 5.15. The first-order valence-electron chi connectivity index (χ1n) is 9.09. The number of anilines is 2. The van der Waals surface area contributed by atoms with Crippen LogP contribution in [0.25, 0.3) is 10.2 Å². The van der Waals surface area contributed by atoms with Gasteiger partial charge in [0, 0.05) is 50.2 Å². The van der Waals surface area contributed by atoms with Crippen LogP contribution in [-0.4, -0.2) is 58.5 Å². The van der Waals surface area contributed by atoms with Gasteiger partial charge in [0.1, 0.15) is 22.8 Å². The molecule has 0 aliphatic carbocycles. The van der Waals surface area contributed by atoms with Crippen LogP contribution in [0.1, 0.15) is 11.3 Å². The van der Waals surface area contributed by atoms with Crippen LogP contribution in [0.4, 0.5) is 11.6 Å². The van der Waals surface area contributed by atoms with Gasteiger partial charge < -0.3 is 15.1 Å². The molecule has 0 bridgehead atoms. The summed E-state index contributed by atoms with van der Waals surface area (Å²) >= 11 is 1.65. The molecule has 0 radical (unpaired) electrons. The SMILES string of the molecule is Cc1cc2c(NCCC(=O)N3CCN(c4ccccn4)CC3)ncnc2s1. The van der Waals surface area contributed by atoms with Crippen molar-refractivity contribution in [2.24, 2.45) is 0 Å². The average Bonchev–Trinajstić information content (AvgIpc) is 3.10. The quantitative estimate of drug-likeness (QED) is 0.731. The molecule has 0 saturated carbocycles. The molecule has 0 aromatic carbocycles. The van der Waals surface area contributed by atoms with Crippen molar-refractivity contribution in [2.45, 2.75) is 13.3 Å². The third-order valence-corrected chi connectivity index (χ3v) is 5.65. The molecule has 1 amide bonds. The number of aromatic nitrogens is 3. The number of fused-ring (bicyclic) bond motifs is 1.